The molecule has 0 aliphatic heterocycles. The van der Waals surface area contributed by atoms with Gasteiger partial charge in [-0.15, -0.1) is 0 Å². The maximum absolute atomic E-state index is 13.4. The van der Waals surface area contributed by atoms with Gasteiger partial charge in [-0.05, 0) is 23.3 Å². The third-order valence-corrected chi connectivity index (χ3v) is 6.40. The van der Waals surface area contributed by atoms with E-state index in [-0.39, 0.29) is 37.3 Å². The van der Waals surface area contributed by atoms with Crippen molar-refractivity contribution in [3.05, 3.63) is 35.9 Å². The fraction of sp³-hybridized carbons (Fsp3) is 0.645. The summed E-state index contributed by atoms with van der Waals surface area (Å²) in [6.07, 6.45) is -1.78. The number of carbonyl (C=O) groups excluding carboxylic acids is 5. The molecule has 0 aromatic heterocycles. The van der Waals surface area contributed by atoms with Gasteiger partial charge in [-0.1, -0.05) is 71.9 Å². The van der Waals surface area contributed by atoms with Crippen molar-refractivity contribution in [1.29, 1.82) is 0 Å². The van der Waals surface area contributed by atoms with Crippen LogP contribution in [0.3, 0.4) is 0 Å². The van der Waals surface area contributed by atoms with Crippen LogP contribution in [0.5, 0.6) is 0 Å². The predicted molar refractivity (Wildman–Crippen MR) is 163 cm³/mol. The van der Waals surface area contributed by atoms with Crippen LogP contribution in [0.4, 0.5) is 0 Å². The number of nitrogens with zero attached hydrogens (tertiary/aromatic N) is 1. The Labute approximate surface area is 255 Å². The molecule has 43 heavy (non-hydrogen) atoms. The average molecular weight is 606 g/mol. The zero-order valence-electron chi connectivity index (χ0n) is 27.1. The number of hydrogen-bond donors (Lipinski definition) is 5. The van der Waals surface area contributed by atoms with Crippen LogP contribution in [0.2, 0.25) is 0 Å². The molecule has 12 nitrogen and oxygen atoms in total. The number of hydrogen-bond acceptors (Lipinski definition) is 7. The van der Waals surface area contributed by atoms with Gasteiger partial charge in [0.1, 0.15) is 12.1 Å². The molecule has 242 valence electrons. The third-order valence-electron chi connectivity index (χ3n) is 6.40. The van der Waals surface area contributed by atoms with E-state index in [1.54, 1.807) is 20.8 Å². The number of aliphatic hydroxyl groups excluding tert-OH is 1. The lowest BCUT2D eigenvalue weighted by Crippen LogP contribution is -2.60. The zero-order valence-corrected chi connectivity index (χ0v) is 27.1. The number of benzene rings is 1. The Morgan fingerprint density at radius 1 is 0.884 bits per heavy atom. The van der Waals surface area contributed by atoms with E-state index >= 15 is 0 Å². The lowest BCUT2D eigenvalue weighted by molar-refractivity contribution is -0.138. The summed E-state index contributed by atoms with van der Waals surface area (Å²) >= 11 is 0. The third kappa shape index (κ3) is 14.5. The highest BCUT2D eigenvalue weighted by atomic mass is 16.5. The van der Waals surface area contributed by atoms with E-state index < -0.39 is 53.3 Å². The van der Waals surface area contributed by atoms with Gasteiger partial charge in [0.2, 0.25) is 23.6 Å². The number of ether oxygens (including phenoxy) is 1. The minimum Gasteiger partial charge on any atom is -0.381 e. The van der Waals surface area contributed by atoms with Crippen LogP contribution in [0.1, 0.15) is 66.9 Å². The molecule has 5 N–H and O–H groups in total. The topological polar surface area (TPSA) is 166 Å². The van der Waals surface area contributed by atoms with Gasteiger partial charge in [0.25, 0.3) is 5.91 Å². The maximum Gasteiger partial charge on any atom is 0.251 e. The van der Waals surface area contributed by atoms with E-state index in [1.807, 2.05) is 51.1 Å². The molecular weight excluding hydrogens is 554 g/mol. The molecule has 1 rings (SSSR count). The van der Waals surface area contributed by atoms with Gasteiger partial charge in [0.15, 0.2) is 6.10 Å². The van der Waals surface area contributed by atoms with Crippen molar-refractivity contribution in [2.45, 2.75) is 92.1 Å². The van der Waals surface area contributed by atoms with E-state index in [0.29, 0.717) is 6.61 Å². The SMILES string of the molecule is CC(NC(=O)[C@H](CC(=O)N(C)C)NC(=O)[C@@H](NC(=O)CC(C)(C)C)C(C)(C)C)C(O)C(=O)NCCOCc1ccccc1. The summed E-state index contributed by atoms with van der Waals surface area (Å²) in [7, 11) is 3.04. The second-order valence-corrected chi connectivity index (χ2v) is 13.2. The Balaban J connectivity index is 2.85. The second kappa shape index (κ2) is 17.0. The van der Waals surface area contributed by atoms with E-state index in [1.165, 1.54) is 25.9 Å². The molecule has 0 radical (unpaired) electrons. The normalized spacial score (nSPS) is 14.5. The highest BCUT2D eigenvalue weighted by Gasteiger charge is 2.37. The van der Waals surface area contributed by atoms with Crippen molar-refractivity contribution in [1.82, 2.24) is 26.2 Å². The van der Waals surface area contributed by atoms with E-state index in [2.05, 4.69) is 21.3 Å². The molecule has 5 amide bonds. The molecule has 1 aromatic rings. The largest absolute Gasteiger partial charge is 0.381 e. The molecule has 12 heteroatoms. The summed E-state index contributed by atoms with van der Waals surface area (Å²) < 4.78 is 5.52. The van der Waals surface area contributed by atoms with Gasteiger partial charge < -0.3 is 36.0 Å². The zero-order chi connectivity index (χ0) is 33.0. The Hall–Kier alpha value is -3.51. The molecule has 2 unspecified atom stereocenters. The summed E-state index contributed by atoms with van der Waals surface area (Å²) in [4.78, 5) is 65.6. The summed E-state index contributed by atoms with van der Waals surface area (Å²) in [6, 6.07) is 6.17. The monoisotopic (exact) mass is 605 g/mol. The first-order valence-corrected chi connectivity index (χ1v) is 14.5. The van der Waals surface area contributed by atoms with Crippen molar-refractivity contribution >= 4 is 29.5 Å². The number of rotatable bonds is 15. The minimum absolute atomic E-state index is 0.147. The molecule has 1 aromatic carbocycles. The van der Waals surface area contributed by atoms with Crippen molar-refractivity contribution in [3.63, 3.8) is 0 Å². The van der Waals surface area contributed by atoms with Crippen LogP contribution in [-0.4, -0.2) is 91.0 Å². The number of aliphatic hydroxyl groups is 1. The van der Waals surface area contributed by atoms with Gasteiger partial charge in [0.05, 0.1) is 25.7 Å². The number of nitrogens with one attached hydrogen (secondary N) is 4. The van der Waals surface area contributed by atoms with Crippen LogP contribution >= 0.6 is 0 Å². The van der Waals surface area contributed by atoms with E-state index in [9.17, 15) is 29.1 Å². The average Bonchev–Trinajstić information content (AvgIpc) is 2.89. The van der Waals surface area contributed by atoms with Crippen molar-refractivity contribution in [2.24, 2.45) is 10.8 Å². The Bertz CT molecular complexity index is 1080. The molecule has 0 bridgehead atoms. The van der Waals surface area contributed by atoms with E-state index in [0.717, 1.165) is 5.56 Å². The molecule has 4 atom stereocenters. The summed E-state index contributed by atoms with van der Waals surface area (Å²) in [6.45, 7) is 13.2. The van der Waals surface area contributed by atoms with Gasteiger partial charge in [-0.2, -0.15) is 0 Å². The van der Waals surface area contributed by atoms with Gasteiger partial charge in [0, 0.05) is 27.1 Å². The van der Waals surface area contributed by atoms with Crippen molar-refractivity contribution in [2.75, 3.05) is 27.2 Å². The standard InChI is InChI=1S/C31H51N5O7/c1-20(25(39)28(41)32-15-16-43-19-21-13-11-10-12-14-21)33-27(40)22(17-24(38)36(8)9)34-29(42)26(31(5,6)7)35-23(37)18-30(2,3)4/h10-14,20,22,25-26,39H,15-19H2,1-9H3,(H,32,41)(H,33,40)(H,34,42)(H,35,37)/t20?,22-,25?,26+/m0/s1. The van der Waals surface area contributed by atoms with Crippen LogP contribution in [0.15, 0.2) is 30.3 Å². The van der Waals surface area contributed by atoms with Crippen molar-refractivity contribution in [3.8, 4) is 0 Å². The molecule has 0 heterocycles. The molecular formula is C31H51N5O7. The lowest BCUT2D eigenvalue weighted by atomic mass is 9.85. The number of carbonyl (C=O) groups is 5. The van der Waals surface area contributed by atoms with Crippen LogP contribution < -0.4 is 21.3 Å². The molecule has 0 aliphatic rings. The first-order valence-electron chi connectivity index (χ1n) is 14.5. The van der Waals surface area contributed by atoms with Gasteiger partial charge in [-0.25, -0.2) is 0 Å². The van der Waals surface area contributed by atoms with Crippen molar-refractivity contribution < 1.29 is 33.8 Å². The Morgan fingerprint density at radius 3 is 2.02 bits per heavy atom. The fourth-order valence-corrected chi connectivity index (χ4v) is 3.94. The lowest BCUT2D eigenvalue weighted by Gasteiger charge is -2.33. The molecule has 0 aliphatic carbocycles. The number of amides is 5. The highest BCUT2D eigenvalue weighted by Crippen LogP contribution is 2.22. The predicted octanol–water partition coefficient (Wildman–Crippen LogP) is 1.12. The highest BCUT2D eigenvalue weighted by molar-refractivity contribution is 5.95. The van der Waals surface area contributed by atoms with Crippen LogP contribution in [0, 0.1) is 10.8 Å². The Kier molecular flexibility index (Phi) is 14.8. The van der Waals surface area contributed by atoms with Gasteiger partial charge in [-0.3, -0.25) is 24.0 Å². The first-order chi connectivity index (χ1) is 19.8. The van der Waals surface area contributed by atoms with Crippen LogP contribution in [-0.2, 0) is 35.3 Å². The van der Waals surface area contributed by atoms with E-state index in [4.69, 9.17) is 4.74 Å². The van der Waals surface area contributed by atoms with Crippen LogP contribution in [0.25, 0.3) is 0 Å². The first kappa shape index (κ1) is 37.5. The molecule has 0 fully saturated rings. The Morgan fingerprint density at radius 2 is 1.49 bits per heavy atom. The minimum atomic E-state index is -1.60. The molecule has 0 saturated heterocycles. The fourth-order valence-electron chi connectivity index (χ4n) is 3.94. The van der Waals surface area contributed by atoms with Gasteiger partial charge >= 0.3 is 0 Å². The smallest absolute Gasteiger partial charge is 0.251 e. The summed E-state index contributed by atoms with van der Waals surface area (Å²) in [5, 5.41) is 21.0. The maximum atomic E-state index is 13.4. The quantitative estimate of drug-likeness (QED) is 0.187. The second-order valence-electron chi connectivity index (χ2n) is 13.2. The molecule has 0 spiro atoms. The molecule has 0 saturated carbocycles. The summed E-state index contributed by atoms with van der Waals surface area (Å²) in [5.74, 6) is -2.85. The summed E-state index contributed by atoms with van der Waals surface area (Å²) in [5.41, 5.74) is -0.0285.